The molecule has 7 heteroatoms. The molecule has 0 bridgehead atoms. The first-order valence-corrected chi connectivity index (χ1v) is 12.0. The van der Waals surface area contributed by atoms with Crippen LogP contribution in [0.1, 0.15) is 27.8 Å². The molecule has 6 nitrogen and oxygen atoms in total. The predicted octanol–water partition coefficient (Wildman–Crippen LogP) is 6.08. The number of nitrogens with zero attached hydrogens (tertiary/aromatic N) is 1. The summed E-state index contributed by atoms with van der Waals surface area (Å²) in [6.45, 7) is 1.52. The number of carbonyl (C=O) groups is 1. The summed E-state index contributed by atoms with van der Waals surface area (Å²) in [5, 5.41) is 0. The summed E-state index contributed by atoms with van der Waals surface area (Å²) in [6.07, 6.45) is 3.19. The molecular weight excluding hydrogens is 462 g/mol. The van der Waals surface area contributed by atoms with Gasteiger partial charge in [0.15, 0.2) is 6.29 Å². The molecule has 0 aliphatic carbocycles. The van der Waals surface area contributed by atoms with E-state index in [1.807, 2.05) is 60.7 Å². The van der Waals surface area contributed by atoms with Crippen molar-refractivity contribution in [3.63, 3.8) is 0 Å². The fourth-order valence-corrected chi connectivity index (χ4v) is 4.46. The van der Waals surface area contributed by atoms with E-state index in [1.54, 1.807) is 48.4 Å². The van der Waals surface area contributed by atoms with Gasteiger partial charge in [0, 0.05) is 27.7 Å². The van der Waals surface area contributed by atoms with Crippen molar-refractivity contribution in [1.82, 2.24) is 4.98 Å². The Balaban J connectivity index is 1.19. The first-order valence-electron chi connectivity index (χ1n) is 11.2. The van der Waals surface area contributed by atoms with Crippen LogP contribution in [0, 0.1) is 0 Å². The Kier molecular flexibility index (Phi) is 7.38. The zero-order valence-electron chi connectivity index (χ0n) is 18.8. The highest BCUT2D eigenvalue weighted by molar-refractivity contribution is 7.99. The number of rotatable bonds is 8. The van der Waals surface area contributed by atoms with Gasteiger partial charge in [0.1, 0.15) is 18.1 Å². The van der Waals surface area contributed by atoms with Crippen LogP contribution in [-0.4, -0.2) is 24.2 Å². The Morgan fingerprint density at radius 1 is 0.914 bits per heavy atom. The van der Waals surface area contributed by atoms with Gasteiger partial charge in [-0.1, -0.05) is 42.1 Å². The van der Waals surface area contributed by atoms with Crippen LogP contribution in [0.4, 0.5) is 0 Å². The molecule has 4 aromatic rings. The molecule has 1 aromatic heterocycles. The minimum Gasteiger partial charge on any atom is -0.489 e. The number of pyridine rings is 1. The standard InChI is InChI=1S/C28H23NO5S/c30-27(34-23-7-2-1-3-8-23)21-6-4-5-20(17-21)19-33-22-9-11-24(12-10-22)35-26-13-14-29-18-25(26)28-31-15-16-32-28/h1-14,17-18,28H,15-16,19H2. The average Bonchev–Trinajstić information content (AvgIpc) is 3.44. The second kappa shape index (κ2) is 11.2. The second-order valence-corrected chi connectivity index (χ2v) is 8.87. The van der Waals surface area contributed by atoms with Crippen LogP contribution in [0.5, 0.6) is 11.5 Å². The van der Waals surface area contributed by atoms with E-state index in [0.29, 0.717) is 31.1 Å². The van der Waals surface area contributed by atoms with Gasteiger partial charge in [0.05, 0.1) is 18.8 Å². The zero-order chi connectivity index (χ0) is 23.9. The summed E-state index contributed by atoms with van der Waals surface area (Å²) < 4.78 is 22.6. The number of hydrogen-bond acceptors (Lipinski definition) is 7. The third kappa shape index (κ3) is 6.08. The number of para-hydroxylation sites is 1. The van der Waals surface area contributed by atoms with Crippen molar-refractivity contribution in [3.05, 3.63) is 114 Å². The molecule has 1 aliphatic rings. The lowest BCUT2D eigenvalue weighted by Gasteiger charge is -2.14. The molecule has 1 fully saturated rings. The molecule has 0 amide bonds. The highest BCUT2D eigenvalue weighted by atomic mass is 32.2. The summed E-state index contributed by atoms with van der Waals surface area (Å²) in [6, 6.07) is 26.1. The number of esters is 1. The highest BCUT2D eigenvalue weighted by Gasteiger charge is 2.22. The largest absolute Gasteiger partial charge is 0.489 e. The van der Waals surface area contributed by atoms with E-state index in [0.717, 1.165) is 26.7 Å². The quantitative estimate of drug-likeness (QED) is 0.221. The van der Waals surface area contributed by atoms with Crippen LogP contribution in [0.3, 0.4) is 0 Å². The molecule has 2 heterocycles. The van der Waals surface area contributed by atoms with Crippen LogP contribution in [0.25, 0.3) is 0 Å². The molecular formula is C28H23NO5S. The van der Waals surface area contributed by atoms with Gasteiger partial charge in [0.2, 0.25) is 0 Å². The van der Waals surface area contributed by atoms with Crippen LogP contribution in [0.15, 0.2) is 107 Å². The zero-order valence-corrected chi connectivity index (χ0v) is 19.6. The molecule has 0 N–H and O–H groups in total. The summed E-state index contributed by atoms with van der Waals surface area (Å²) >= 11 is 1.62. The van der Waals surface area contributed by atoms with Gasteiger partial charge >= 0.3 is 5.97 Å². The Labute approximate surface area is 207 Å². The first kappa shape index (κ1) is 23.1. The first-order chi connectivity index (χ1) is 17.2. The van der Waals surface area contributed by atoms with Crippen LogP contribution in [0.2, 0.25) is 0 Å². The van der Waals surface area contributed by atoms with E-state index < -0.39 is 5.97 Å². The number of aromatic nitrogens is 1. The fourth-order valence-electron chi connectivity index (χ4n) is 3.54. The molecule has 0 spiro atoms. The number of ether oxygens (including phenoxy) is 4. The second-order valence-electron chi connectivity index (χ2n) is 7.75. The summed E-state index contributed by atoms with van der Waals surface area (Å²) in [4.78, 5) is 18.8. The minimum absolute atomic E-state index is 0.337. The van der Waals surface area contributed by atoms with Crippen LogP contribution in [-0.2, 0) is 16.1 Å². The molecule has 1 saturated heterocycles. The van der Waals surface area contributed by atoms with Crippen LogP contribution >= 0.6 is 11.8 Å². The third-order valence-corrected chi connectivity index (χ3v) is 6.36. The van der Waals surface area contributed by atoms with Crippen molar-refractivity contribution in [3.8, 4) is 11.5 Å². The molecule has 35 heavy (non-hydrogen) atoms. The molecule has 5 rings (SSSR count). The average molecular weight is 486 g/mol. The SMILES string of the molecule is O=C(Oc1ccccc1)c1cccc(COc2ccc(Sc3ccncc3C3OCCO3)cc2)c1. The summed E-state index contributed by atoms with van der Waals surface area (Å²) in [5.74, 6) is 0.853. The Morgan fingerprint density at radius 3 is 2.51 bits per heavy atom. The van der Waals surface area contributed by atoms with Gasteiger partial charge in [-0.05, 0) is 60.2 Å². The summed E-state index contributed by atoms with van der Waals surface area (Å²) in [7, 11) is 0. The molecule has 0 radical (unpaired) electrons. The number of carbonyl (C=O) groups excluding carboxylic acids is 1. The van der Waals surface area contributed by atoms with Crippen molar-refractivity contribution in [2.75, 3.05) is 13.2 Å². The lowest BCUT2D eigenvalue weighted by atomic mass is 10.1. The molecule has 176 valence electrons. The van der Waals surface area contributed by atoms with Crippen molar-refractivity contribution in [1.29, 1.82) is 0 Å². The monoisotopic (exact) mass is 485 g/mol. The number of benzene rings is 3. The highest BCUT2D eigenvalue weighted by Crippen LogP contribution is 2.36. The van der Waals surface area contributed by atoms with E-state index in [2.05, 4.69) is 4.98 Å². The van der Waals surface area contributed by atoms with Gasteiger partial charge in [-0.2, -0.15) is 0 Å². The van der Waals surface area contributed by atoms with E-state index in [4.69, 9.17) is 18.9 Å². The minimum atomic E-state index is -0.400. The lowest BCUT2D eigenvalue weighted by Crippen LogP contribution is -2.09. The molecule has 3 aromatic carbocycles. The Bertz CT molecular complexity index is 1270. The Morgan fingerprint density at radius 2 is 1.71 bits per heavy atom. The molecule has 1 aliphatic heterocycles. The smallest absolute Gasteiger partial charge is 0.343 e. The van der Waals surface area contributed by atoms with Gasteiger partial charge < -0.3 is 18.9 Å². The van der Waals surface area contributed by atoms with Crippen molar-refractivity contribution in [2.24, 2.45) is 0 Å². The van der Waals surface area contributed by atoms with Crippen molar-refractivity contribution < 1.29 is 23.7 Å². The van der Waals surface area contributed by atoms with Crippen LogP contribution < -0.4 is 9.47 Å². The molecule has 0 saturated carbocycles. The predicted molar refractivity (Wildman–Crippen MR) is 132 cm³/mol. The van der Waals surface area contributed by atoms with E-state index in [9.17, 15) is 4.79 Å². The third-order valence-electron chi connectivity index (χ3n) is 5.26. The number of hydrogen-bond donors (Lipinski definition) is 0. The molecule has 0 atom stereocenters. The van der Waals surface area contributed by atoms with Gasteiger partial charge in [-0.15, -0.1) is 0 Å². The van der Waals surface area contributed by atoms with E-state index in [-0.39, 0.29) is 6.29 Å². The van der Waals surface area contributed by atoms with Crippen molar-refractivity contribution >= 4 is 17.7 Å². The van der Waals surface area contributed by atoms with E-state index in [1.165, 1.54) is 0 Å². The lowest BCUT2D eigenvalue weighted by molar-refractivity contribution is -0.0462. The topological polar surface area (TPSA) is 66.9 Å². The van der Waals surface area contributed by atoms with E-state index >= 15 is 0 Å². The summed E-state index contributed by atoms with van der Waals surface area (Å²) in [5.41, 5.74) is 2.29. The van der Waals surface area contributed by atoms with Gasteiger partial charge in [-0.3, -0.25) is 4.98 Å². The maximum Gasteiger partial charge on any atom is 0.343 e. The fraction of sp³-hybridized carbons (Fsp3) is 0.143. The van der Waals surface area contributed by atoms with Gasteiger partial charge in [-0.25, -0.2) is 4.79 Å². The van der Waals surface area contributed by atoms with Gasteiger partial charge in [0.25, 0.3) is 0 Å². The Hall–Kier alpha value is -3.65. The molecule has 0 unspecified atom stereocenters. The maximum atomic E-state index is 12.5. The maximum absolute atomic E-state index is 12.5. The van der Waals surface area contributed by atoms with Crippen molar-refractivity contribution in [2.45, 2.75) is 22.7 Å². The normalized spacial score (nSPS) is 13.5.